The van der Waals surface area contributed by atoms with Crippen LogP contribution in [0.2, 0.25) is 0 Å². The Morgan fingerprint density at radius 1 is 1.26 bits per heavy atom. The van der Waals surface area contributed by atoms with Crippen molar-refractivity contribution in [2.75, 3.05) is 6.54 Å². The van der Waals surface area contributed by atoms with Crippen LogP contribution in [0.1, 0.15) is 68.2 Å². The molecule has 2 N–H and O–H groups in total. The molecule has 0 amide bonds. The third kappa shape index (κ3) is 4.30. The number of hydrogen-bond donors (Lipinski definition) is 2. The monoisotopic (exact) mass is 281 g/mol. The average Bonchev–Trinajstić information content (AvgIpc) is 2.79. The quantitative estimate of drug-likeness (QED) is 0.798. The lowest BCUT2D eigenvalue weighted by molar-refractivity contribution is 0.0232. The lowest BCUT2D eigenvalue weighted by Gasteiger charge is -2.28. The van der Waals surface area contributed by atoms with Crippen molar-refractivity contribution >= 4 is 11.3 Å². The van der Waals surface area contributed by atoms with E-state index < -0.39 is 5.60 Å². The Bertz CT molecular complexity index is 380. The molecule has 1 fully saturated rings. The molecule has 0 saturated heterocycles. The third-order valence-electron chi connectivity index (χ3n) is 4.23. The first kappa shape index (κ1) is 15.0. The van der Waals surface area contributed by atoms with Crippen LogP contribution in [-0.4, -0.2) is 17.3 Å². The van der Waals surface area contributed by atoms with Crippen LogP contribution in [0.15, 0.2) is 12.1 Å². The van der Waals surface area contributed by atoms with Crippen molar-refractivity contribution in [3.8, 4) is 0 Å². The van der Waals surface area contributed by atoms with Crippen LogP contribution in [0.3, 0.4) is 0 Å². The summed E-state index contributed by atoms with van der Waals surface area (Å²) >= 11 is 1.89. The number of rotatable bonds is 5. The molecule has 1 aliphatic rings. The van der Waals surface area contributed by atoms with E-state index >= 15 is 0 Å². The molecular weight excluding hydrogens is 254 g/mol. The molecule has 0 aliphatic heterocycles. The van der Waals surface area contributed by atoms with Gasteiger partial charge in [-0.3, -0.25) is 0 Å². The number of hydrogen-bond acceptors (Lipinski definition) is 3. The average molecular weight is 281 g/mol. The van der Waals surface area contributed by atoms with Crippen molar-refractivity contribution in [3.05, 3.63) is 21.9 Å². The Labute approximate surface area is 121 Å². The van der Waals surface area contributed by atoms with Gasteiger partial charge in [-0.25, -0.2) is 0 Å². The topological polar surface area (TPSA) is 32.3 Å². The Hall–Kier alpha value is -0.380. The van der Waals surface area contributed by atoms with E-state index in [9.17, 15) is 5.11 Å². The van der Waals surface area contributed by atoms with E-state index in [2.05, 4.69) is 31.3 Å². The Morgan fingerprint density at radius 2 is 1.95 bits per heavy atom. The lowest BCUT2D eigenvalue weighted by atomic mass is 9.94. The summed E-state index contributed by atoms with van der Waals surface area (Å²) in [5.41, 5.74) is -0.477. The second-order valence-corrected chi connectivity index (χ2v) is 7.10. The first-order valence-electron chi connectivity index (χ1n) is 7.67. The summed E-state index contributed by atoms with van der Waals surface area (Å²) in [5.74, 6) is 0. The predicted octanol–water partition coefficient (Wildman–Crippen LogP) is 4.05. The van der Waals surface area contributed by atoms with Crippen LogP contribution in [0.25, 0.3) is 0 Å². The minimum atomic E-state index is -0.477. The van der Waals surface area contributed by atoms with E-state index in [1.165, 1.54) is 35.4 Å². The van der Waals surface area contributed by atoms with Crippen LogP contribution in [0, 0.1) is 0 Å². The highest BCUT2D eigenvalue weighted by atomic mass is 32.1. The van der Waals surface area contributed by atoms with Crippen molar-refractivity contribution in [2.45, 2.75) is 70.4 Å². The number of aliphatic hydroxyl groups is 1. The predicted molar refractivity (Wildman–Crippen MR) is 82.8 cm³/mol. The molecule has 1 aromatic heterocycles. The second-order valence-electron chi connectivity index (χ2n) is 5.90. The molecule has 1 aromatic rings. The molecule has 0 bridgehead atoms. The molecule has 1 unspecified atom stereocenters. The molecule has 2 nitrogen and oxygen atoms in total. The van der Waals surface area contributed by atoms with Gasteiger partial charge in [-0.1, -0.05) is 32.6 Å². The van der Waals surface area contributed by atoms with Gasteiger partial charge in [0.05, 0.1) is 5.60 Å². The van der Waals surface area contributed by atoms with Gasteiger partial charge in [-0.15, -0.1) is 11.3 Å². The molecule has 1 aliphatic carbocycles. The maximum atomic E-state index is 10.6. The SMILES string of the molecule is CCc1ccc(C(C)NCC2(O)CCCCCC2)s1. The first-order valence-corrected chi connectivity index (χ1v) is 8.49. The number of aryl methyl sites for hydroxylation is 1. The lowest BCUT2D eigenvalue weighted by Crippen LogP contribution is -2.40. The van der Waals surface area contributed by atoms with E-state index in [1.54, 1.807) is 0 Å². The molecule has 19 heavy (non-hydrogen) atoms. The van der Waals surface area contributed by atoms with Gasteiger partial charge in [-0.05, 0) is 38.3 Å². The molecular formula is C16H27NOS. The van der Waals surface area contributed by atoms with E-state index in [1.807, 2.05) is 11.3 Å². The zero-order chi connectivity index (χ0) is 13.7. The van der Waals surface area contributed by atoms with E-state index in [-0.39, 0.29) is 0 Å². The first-order chi connectivity index (χ1) is 9.13. The fourth-order valence-corrected chi connectivity index (χ4v) is 3.80. The minimum Gasteiger partial charge on any atom is -0.389 e. The molecule has 0 spiro atoms. The van der Waals surface area contributed by atoms with E-state index in [0.29, 0.717) is 6.04 Å². The number of nitrogens with one attached hydrogen (secondary N) is 1. The van der Waals surface area contributed by atoms with E-state index in [4.69, 9.17) is 0 Å². The number of thiophene rings is 1. The largest absolute Gasteiger partial charge is 0.389 e. The summed E-state index contributed by atoms with van der Waals surface area (Å²) in [6.45, 7) is 5.13. The maximum absolute atomic E-state index is 10.6. The summed E-state index contributed by atoms with van der Waals surface area (Å²) in [6.07, 6.45) is 7.93. The van der Waals surface area contributed by atoms with Gasteiger partial charge in [0, 0.05) is 22.3 Å². The maximum Gasteiger partial charge on any atom is 0.0771 e. The molecule has 1 atom stereocenters. The smallest absolute Gasteiger partial charge is 0.0771 e. The standard InChI is InChI=1S/C16H27NOS/c1-3-14-8-9-15(19-14)13(2)17-12-16(18)10-6-4-5-7-11-16/h8-9,13,17-18H,3-7,10-12H2,1-2H3. The highest BCUT2D eigenvalue weighted by Gasteiger charge is 2.28. The Balaban J connectivity index is 1.86. The zero-order valence-corrected chi connectivity index (χ0v) is 13.1. The van der Waals surface area contributed by atoms with Gasteiger partial charge in [0.1, 0.15) is 0 Å². The Kier molecular flexibility index (Phi) is 5.43. The summed E-state index contributed by atoms with van der Waals surface area (Å²) in [7, 11) is 0. The van der Waals surface area contributed by atoms with Gasteiger partial charge in [-0.2, -0.15) is 0 Å². The zero-order valence-electron chi connectivity index (χ0n) is 12.2. The fourth-order valence-electron chi connectivity index (χ4n) is 2.82. The summed E-state index contributed by atoms with van der Waals surface area (Å²) < 4.78 is 0. The summed E-state index contributed by atoms with van der Waals surface area (Å²) in [6, 6.07) is 4.79. The fraction of sp³-hybridized carbons (Fsp3) is 0.750. The molecule has 108 valence electrons. The van der Waals surface area contributed by atoms with Crippen LogP contribution < -0.4 is 5.32 Å². The molecule has 1 heterocycles. The van der Waals surface area contributed by atoms with Crippen LogP contribution >= 0.6 is 11.3 Å². The van der Waals surface area contributed by atoms with Crippen molar-refractivity contribution in [1.29, 1.82) is 0 Å². The van der Waals surface area contributed by atoms with Crippen LogP contribution in [0.5, 0.6) is 0 Å². The Morgan fingerprint density at radius 3 is 2.53 bits per heavy atom. The second kappa shape index (κ2) is 6.87. The minimum absolute atomic E-state index is 0.345. The molecule has 0 radical (unpaired) electrons. The molecule has 2 rings (SSSR count). The van der Waals surface area contributed by atoms with Gasteiger partial charge >= 0.3 is 0 Å². The molecule has 0 aromatic carbocycles. The molecule has 3 heteroatoms. The van der Waals surface area contributed by atoms with Crippen molar-refractivity contribution in [3.63, 3.8) is 0 Å². The van der Waals surface area contributed by atoms with Crippen LogP contribution in [-0.2, 0) is 6.42 Å². The van der Waals surface area contributed by atoms with Crippen LogP contribution in [0.4, 0.5) is 0 Å². The highest BCUT2D eigenvalue weighted by Crippen LogP contribution is 2.28. The van der Waals surface area contributed by atoms with Gasteiger partial charge in [0.25, 0.3) is 0 Å². The summed E-state index contributed by atoms with van der Waals surface area (Å²) in [5, 5.41) is 14.2. The van der Waals surface area contributed by atoms with Crippen molar-refractivity contribution in [1.82, 2.24) is 5.32 Å². The normalized spacial score (nSPS) is 21.0. The van der Waals surface area contributed by atoms with Crippen molar-refractivity contribution < 1.29 is 5.11 Å². The van der Waals surface area contributed by atoms with Crippen molar-refractivity contribution in [2.24, 2.45) is 0 Å². The van der Waals surface area contributed by atoms with Gasteiger partial charge < -0.3 is 10.4 Å². The third-order valence-corrected chi connectivity index (χ3v) is 5.64. The van der Waals surface area contributed by atoms with E-state index in [0.717, 1.165) is 25.8 Å². The van der Waals surface area contributed by atoms with Gasteiger partial charge in [0.15, 0.2) is 0 Å². The highest BCUT2D eigenvalue weighted by molar-refractivity contribution is 7.12. The molecule has 1 saturated carbocycles. The summed E-state index contributed by atoms with van der Waals surface area (Å²) in [4.78, 5) is 2.82. The van der Waals surface area contributed by atoms with Gasteiger partial charge in [0.2, 0.25) is 0 Å².